The van der Waals surface area contributed by atoms with Crippen molar-refractivity contribution in [3.05, 3.63) is 70.8 Å². The highest BCUT2D eigenvalue weighted by atomic mass is 16.3. The Labute approximate surface area is 128 Å². The molecule has 0 amide bonds. The molecule has 1 unspecified atom stereocenters. The fourth-order valence-corrected chi connectivity index (χ4v) is 2.63. The lowest BCUT2D eigenvalue weighted by molar-refractivity contribution is 0.165. The van der Waals surface area contributed by atoms with Crippen LogP contribution in [0.2, 0.25) is 0 Å². The van der Waals surface area contributed by atoms with Crippen molar-refractivity contribution in [2.75, 3.05) is 0 Å². The van der Waals surface area contributed by atoms with Crippen LogP contribution in [0.5, 0.6) is 0 Å². The first-order valence-electron chi connectivity index (χ1n) is 7.87. The highest BCUT2D eigenvalue weighted by Crippen LogP contribution is 2.17. The molecule has 112 valence electrons. The molecule has 0 radical (unpaired) electrons. The van der Waals surface area contributed by atoms with E-state index in [1.165, 1.54) is 22.3 Å². The summed E-state index contributed by atoms with van der Waals surface area (Å²) in [6, 6.07) is 17.1. The van der Waals surface area contributed by atoms with Crippen LogP contribution >= 0.6 is 0 Å². The molecule has 1 atom stereocenters. The van der Waals surface area contributed by atoms with Crippen LogP contribution in [0.25, 0.3) is 0 Å². The van der Waals surface area contributed by atoms with Gasteiger partial charge in [-0.2, -0.15) is 0 Å². The van der Waals surface area contributed by atoms with Gasteiger partial charge in [-0.25, -0.2) is 0 Å². The summed E-state index contributed by atoms with van der Waals surface area (Å²) in [6.45, 7) is 6.53. The van der Waals surface area contributed by atoms with E-state index >= 15 is 0 Å². The molecule has 0 aliphatic rings. The summed E-state index contributed by atoms with van der Waals surface area (Å²) in [5.41, 5.74) is 5.22. The normalized spacial score (nSPS) is 12.6. The number of aliphatic hydroxyl groups is 1. The molecule has 0 heterocycles. The number of hydrogen-bond donors (Lipinski definition) is 1. The predicted octanol–water partition coefficient (Wildman–Crippen LogP) is 4.65. The zero-order valence-electron chi connectivity index (χ0n) is 13.3. The van der Waals surface area contributed by atoms with Gasteiger partial charge in [-0.1, -0.05) is 62.4 Å². The SMILES string of the molecule is Cc1ccccc1CCC(O)Cc1ccc(C(C)C)cc1. The third-order valence-electron chi connectivity index (χ3n) is 4.13. The van der Waals surface area contributed by atoms with Crippen LogP contribution in [0.3, 0.4) is 0 Å². The van der Waals surface area contributed by atoms with Crippen LogP contribution in [0.4, 0.5) is 0 Å². The van der Waals surface area contributed by atoms with Gasteiger partial charge in [0, 0.05) is 0 Å². The molecule has 2 rings (SSSR count). The van der Waals surface area contributed by atoms with Crippen molar-refractivity contribution < 1.29 is 5.11 Å². The first-order chi connectivity index (χ1) is 10.1. The van der Waals surface area contributed by atoms with Crippen molar-refractivity contribution in [1.29, 1.82) is 0 Å². The second-order valence-corrected chi connectivity index (χ2v) is 6.22. The molecule has 0 aromatic heterocycles. The zero-order chi connectivity index (χ0) is 15.2. The first kappa shape index (κ1) is 15.8. The maximum atomic E-state index is 10.2. The Kier molecular flexibility index (Phi) is 5.58. The highest BCUT2D eigenvalue weighted by molar-refractivity contribution is 5.26. The number of rotatable bonds is 6. The molecule has 2 aromatic rings. The molecule has 2 aromatic carbocycles. The quantitative estimate of drug-likeness (QED) is 0.817. The average Bonchev–Trinajstić information content (AvgIpc) is 2.47. The Morgan fingerprint density at radius 3 is 2.24 bits per heavy atom. The van der Waals surface area contributed by atoms with E-state index in [0.29, 0.717) is 5.92 Å². The Hall–Kier alpha value is -1.60. The van der Waals surface area contributed by atoms with Crippen LogP contribution < -0.4 is 0 Å². The summed E-state index contributed by atoms with van der Waals surface area (Å²) in [7, 11) is 0. The Bertz CT molecular complexity index is 554. The summed E-state index contributed by atoms with van der Waals surface area (Å²) in [5, 5.41) is 10.2. The van der Waals surface area contributed by atoms with Gasteiger partial charge in [0.2, 0.25) is 0 Å². The zero-order valence-corrected chi connectivity index (χ0v) is 13.3. The molecule has 0 saturated heterocycles. The molecule has 1 nitrogen and oxygen atoms in total. The third kappa shape index (κ3) is 4.71. The summed E-state index contributed by atoms with van der Waals surface area (Å²) in [4.78, 5) is 0. The van der Waals surface area contributed by atoms with Gasteiger partial charge in [0.05, 0.1) is 6.10 Å². The molecular weight excluding hydrogens is 256 g/mol. The van der Waals surface area contributed by atoms with Crippen LogP contribution in [0.1, 0.15) is 48.4 Å². The third-order valence-corrected chi connectivity index (χ3v) is 4.13. The van der Waals surface area contributed by atoms with E-state index in [1.807, 2.05) is 0 Å². The van der Waals surface area contributed by atoms with Crippen molar-refractivity contribution in [1.82, 2.24) is 0 Å². The van der Waals surface area contributed by atoms with E-state index in [1.54, 1.807) is 0 Å². The van der Waals surface area contributed by atoms with Gasteiger partial charge in [0.1, 0.15) is 0 Å². The molecule has 0 fully saturated rings. The number of aryl methyl sites for hydroxylation is 2. The van der Waals surface area contributed by atoms with Gasteiger partial charge in [-0.05, 0) is 54.4 Å². The molecule has 0 spiro atoms. The summed E-state index contributed by atoms with van der Waals surface area (Å²) < 4.78 is 0. The molecule has 0 bridgehead atoms. The Balaban J connectivity index is 1.87. The maximum Gasteiger partial charge on any atom is 0.0583 e. The lowest BCUT2D eigenvalue weighted by Crippen LogP contribution is -2.12. The summed E-state index contributed by atoms with van der Waals surface area (Å²) >= 11 is 0. The van der Waals surface area contributed by atoms with Gasteiger partial charge in [0.15, 0.2) is 0 Å². The summed E-state index contributed by atoms with van der Waals surface area (Å²) in [6.07, 6.45) is 2.23. The van der Waals surface area contributed by atoms with Crippen LogP contribution in [-0.4, -0.2) is 11.2 Å². The lowest BCUT2D eigenvalue weighted by atomic mass is 9.97. The molecule has 0 aliphatic carbocycles. The van der Waals surface area contributed by atoms with Crippen molar-refractivity contribution in [2.45, 2.75) is 52.1 Å². The number of aliphatic hydroxyl groups excluding tert-OH is 1. The van der Waals surface area contributed by atoms with Gasteiger partial charge < -0.3 is 5.11 Å². The summed E-state index contributed by atoms with van der Waals surface area (Å²) in [5.74, 6) is 0.560. The van der Waals surface area contributed by atoms with Crippen LogP contribution in [-0.2, 0) is 12.8 Å². The van der Waals surface area contributed by atoms with E-state index in [2.05, 4.69) is 69.3 Å². The fourth-order valence-electron chi connectivity index (χ4n) is 2.63. The lowest BCUT2D eigenvalue weighted by Gasteiger charge is -2.13. The largest absolute Gasteiger partial charge is 0.393 e. The first-order valence-corrected chi connectivity index (χ1v) is 7.87. The second-order valence-electron chi connectivity index (χ2n) is 6.22. The topological polar surface area (TPSA) is 20.2 Å². The van der Waals surface area contributed by atoms with E-state index in [9.17, 15) is 5.11 Å². The fraction of sp³-hybridized carbons (Fsp3) is 0.400. The maximum absolute atomic E-state index is 10.2. The molecular formula is C20H26O. The van der Waals surface area contributed by atoms with Crippen molar-refractivity contribution >= 4 is 0 Å². The number of benzene rings is 2. The van der Waals surface area contributed by atoms with E-state index in [0.717, 1.165) is 19.3 Å². The molecule has 1 N–H and O–H groups in total. The molecule has 0 aliphatic heterocycles. The van der Waals surface area contributed by atoms with Crippen molar-refractivity contribution in [2.24, 2.45) is 0 Å². The highest BCUT2D eigenvalue weighted by Gasteiger charge is 2.08. The molecule has 1 heteroatoms. The minimum absolute atomic E-state index is 0.269. The van der Waals surface area contributed by atoms with E-state index < -0.39 is 0 Å². The minimum atomic E-state index is -0.269. The Morgan fingerprint density at radius 1 is 0.952 bits per heavy atom. The second kappa shape index (κ2) is 7.42. The van der Waals surface area contributed by atoms with Gasteiger partial charge >= 0.3 is 0 Å². The van der Waals surface area contributed by atoms with Crippen molar-refractivity contribution in [3.8, 4) is 0 Å². The smallest absolute Gasteiger partial charge is 0.0583 e. The van der Waals surface area contributed by atoms with E-state index in [-0.39, 0.29) is 6.10 Å². The molecule has 21 heavy (non-hydrogen) atoms. The van der Waals surface area contributed by atoms with Gasteiger partial charge in [-0.3, -0.25) is 0 Å². The molecule has 0 saturated carbocycles. The van der Waals surface area contributed by atoms with Gasteiger partial charge in [0.25, 0.3) is 0 Å². The minimum Gasteiger partial charge on any atom is -0.393 e. The van der Waals surface area contributed by atoms with Gasteiger partial charge in [-0.15, -0.1) is 0 Å². The van der Waals surface area contributed by atoms with E-state index in [4.69, 9.17) is 0 Å². The average molecular weight is 282 g/mol. The van der Waals surface area contributed by atoms with Crippen LogP contribution in [0.15, 0.2) is 48.5 Å². The van der Waals surface area contributed by atoms with Crippen LogP contribution in [0, 0.1) is 6.92 Å². The Morgan fingerprint density at radius 2 is 1.62 bits per heavy atom. The standard InChI is InChI=1S/C20H26O/c1-15(2)18-10-8-17(9-11-18)14-20(21)13-12-19-7-5-4-6-16(19)3/h4-11,15,20-21H,12-14H2,1-3H3. The number of hydrogen-bond acceptors (Lipinski definition) is 1. The monoisotopic (exact) mass is 282 g/mol. The predicted molar refractivity (Wildman–Crippen MR) is 89.7 cm³/mol. The van der Waals surface area contributed by atoms with Crippen molar-refractivity contribution in [3.63, 3.8) is 0 Å².